The van der Waals surface area contributed by atoms with Crippen molar-refractivity contribution in [2.24, 2.45) is 11.8 Å². The molecule has 0 unspecified atom stereocenters. The number of nitrogens with zero attached hydrogens (tertiary/aromatic N) is 1. The number of hydrogen-bond donors (Lipinski definition) is 0. The maximum atomic E-state index is 12.5. The van der Waals surface area contributed by atoms with Gasteiger partial charge in [-0.1, -0.05) is 199 Å². The van der Waals surface area contributed by atoms with Crippen LogP contribution in [0.25, 0.3) is 0 Å². The molecule has 1 aromatic rings. The van der Waals surface area contributed by atoms with E-state index in [-0.39, 0.29) is 11.9 Å². The summed E-state index contributed by atoms with van der Waals surface area (Å²) in [6.45, 7) is 13.3. The maximum absolute atomic E-state index is 12.5. The average molecular weight is 784 g/mol. The zero-order valence-electron chi connectivity index (χ0n) is 37.8. The predicted octanol–water partition coefficient (Wildman–Crippen LogP) is 15.4. The van der Waals surface area contributed by atoms with Crippen molar-refractivity contribution < 1.29 is 19.1 Å². The topological polar surface area (TPSA) is 55.8 Å². The van der Waals surface area contributed by atoms with Crippen LogP contribution in [-0.2, 0) is 25.6 Å². The Morgan fingerprint density at radius 1 is 0.446 bits per heavy atom. The molecule has 5 heteroatoms. The number of unbranched alkanes of at least 4 members (excludes halogenated alkanes) is 16. The molecule has 0 radical (unpaired) electrons. The molecule has 5 nitrogen and oxygen atoms in total. The van der Waals surface area contributed by atoms with Gasteiger partial charge in [-0.15, -0.1) is 0 Å². The van der Waals surface area contributed by atoms with Crippen LogP contribution >= 0.6 is 0 Å². The van der Waals surface area contributed by atoms with Crippen LogP contribution in [0, 0.1) is 11.8 Å². The van der Waals surface area contributed by atoms with Gasteiger partial charge in [0, 0.05) is 19.4 Å². The summed E-state index contributed by atoms with van der Waals surface area (Å²) >= 11 is 0. The zero-order chi connectivity index (χ0) is 40.6. The smallest absolute Gasteiger partial charge is 0.305 e. The molecular weight excluding hydrogens is 691 g/mol. The summed E-state index contributed by atoms with van der Waals surface area (Å²) in [4.78, 5) is 27.6. The Bertz CT molecular complexity index is 901. The van der Waals surface area contributed by atoms with Crippen molar-refractivity contribution in [3.8, 4) is 0 Å². The third-order valence-corrected chi connectivity index (χ3v) is 11.9. The second kappa shape index (κ2) is 39.9. The first-order valence-electron chi connectivity index (χ1n) is 24.6. The minimum Gasteiger partial charge on any atom is -0.466 e. The Morgan fingerprint density at radius 3 is 1.18 bits per heavy atom. The quantitative estimate of drug-likeness (QED) is 0.0488. The highest BCUT2D eigenvalue weighted by Crippen LogP contribution is 2.24. The molecule has 0 bridgehead atoms. The van der Waals surface area contributed by atoms with E-state index in [1.54, 1.807) is 0 Å². The number of carbonyl (C=O) groups excluding carboxylic acids is 2. The molecule has 0 heterocycles. The molecule has 0 saturated heterocycles. The van der Waals surface area contributed by atoms with Gasteiger partial charge in [0.15, 0.2) is 0 Å². The van der Waals surface area contributed by atoms with Gasteiger partial charge >= 0.3 is 11.9 Å². The molecule has 0 atom stereocenters. The summed E-state index contributed by atoms with van der Waals surface area (Å²) < 4.78 is 11.3. The van der Waals surface area contributed by atoms with Crippen LogP contribution in [0.15, 0.2) is 30.3 Å². The number of carbonyl (C=O) groups is 2. The lowest BCUT2D eigenvalue weighted by molar-refractivity contribution is -0.144. The molecule has 0 aliphatic heterocycles. The van der Waals surface area contributed by atoms with Crippen molar-refractivity contribution in [2.75, 3.05) is 26.3 Å². The zero-order valence-corrected chi connectivity index (χ0v) is 37.8. The summed E-state index contributed by atoms with van der Waals surface area (Å²) in [6, 6.07) is 10.7. The molecule has 0 saturated carbocycles. The molecule has 1 rings (SSSR count). The van der Waals surface area contributed by atoms with Crippen molar-refractivity contribution in [1.29, 1.82) is 0 Å². The Morgan fingerprint density at radius 2 is 0.804 bits per heavy atom. The van der Waals surface area contributed by atoms with Crippen molar-refractivity contribution in [3.63, 3.8) is 0 Å². The molecule has 0 amide bonds. The van der Waals surface area contributed by atoms with Gasteiger partial charge in [0.2, 0.25) is 0 Å². The van der Waals surface area contributed by atoms with E-state index in [0.717, 1.165) is 82.8 Å². The van der Waals surface area contributed by atoms with Gasteiger partial charge in [0.1, 0.15) is 0 Å². The van der Waals surface area contributed by atoms with E-state index in [9.17, 15) is 9.59 Å². The van der Waals surface area contributed by atoms with Gasteiger partial charge in [-0.3, -0.25) is 14.5 Å². The monoisotopic (exact) mass is 784 g/mol. The van der Waals surface area contributed by atoms with E-state index < -0.39 is 0 Å². The Balaban J connectivity index is 2.29. The highest BCUT2D eigenvalue weighted by Gasteiger charge is 2.12. The van der Waals surface area contributed by atoms with E-state index in [2.05, 4.69) is 62.9 Å². The van der Waals surface area contributed by atoms with Crippen LogP contribution in [-0.4, -0.2) is 43.1 Å². The fourth-order valence-electron chi connectivity index (χ4n) is 8.24. The Hall–Kier alpha value is -1.88. The third kappa shape index (κ3) is 33.1. The van der Waals surface area contributed by atoms with Crippen LogP contribution < -0.4 is 0 Å². The molecule has 0 aromatic heterocycles. The number of esters is 2. The molecular formula is C51H93NO4. The highest BCUT2D eigenvalue weighted by molar-refractivity contribution is 5.69. The summed E-state index contributed by atoms with van der Waals surface area (Å²) in [5, 5.41) is 0. The van der Waals surface area contributed by atoms with Crippen molar-refractivity contribution in [1.82, 2.24) is 4.90 Å². The van der Waals surface area contributed by atoms with Crippen LogP contribution in [0.5, 0.6) is 0 Å². The minimum atomic E-state index is -0.0214. The third-order valence-electron chi connectivity index (χ3n) is 11.9. The van der Waals surface area contributed by atoms with E-state index >= 15 is 0 Å². The second-order valence-corrected chi connectivity index (χ2v) is 17.2. The molecule has 0 aliphatic rings. The average Bonchev–Trinajstić information content (AvgIpc) is 3.20. The van der Waals surface area contributed by atoms with Crippen molar-refractivity contribution >= 4 is 11.9 Å². The first-order valence-corrected chi connectivity index (χ1v) is 24.6. The fraction of sp³-hybridized carbons (Fsp3) is 0.843. The van der Waals surface area contributed by atoms with Gasteiger partial charge in [-0.25, -0.2) is 0 Å². The van der Waals surface area contributed by atoms with E-state index in [1.807, 2.05) is 0 Å². The lowest BCUT2D eigenvalue weighted by Gasteiger charge is -2.22. The molecule has 0 aliphatic carbocycles. The van der Waals surface area contributed by atoms with E-state index in [0.29, 0.717) is 26.1 Å². The van der Waals surface area contributed by atoms with E-state index in [4.69, 9.17) is 9.47 Å². The summed E-state index contributed by atoms with van der Waals surface area (Å²) in [5.41, 5.74) is 1.34. The standard InChI is InChI=1S/C51H93NO4/c1-5-9-13-20-32-47(33-21-14-10-6-2)38-30-44-55-50(53)40-26-18-28-42-52(46-49-36-24-17-25-37-49)43-29-19-27-41-51(54)56-45-31-39-48(34-22-15-11-7-3)35-23-16-12-8-4/h17,24-25,36-37,47-48H,5-16,18-23,26-35,38-46H2,1-4H3. The number of ether oxygens (including phenoxy) is 2. The first kappa shape index (κ1) is 52.1. The maximum Gasteiger partial charge on any atom is 0.305 e. The summed E-state index contributed by atoms with van der Waals surface area (Å²) in [7, 11) is 0. The van der Waals surface area contributed by atoms with Crippen LogP contribution in [0.3, 0.4) is 0 Å². The van der Waals surface area contributed by atoms with Gasteiger partial charge < -0.3 is 9.47 Å². The lowest BCUT2D eigenvalue weighted by atomic mass is 9.91. The first-order chi connectivity index (χ1) is 27.5. The van der Waals surface area contributed by atoms with Gasteiger partial charge in [-0.05, 0) is 81.9 Å². The van der Waals surface area contributed by atoms with E-state index in [1.165, 1.54) is 147 Å². The molecule has 56 heavy (non-hydrogen) atoms. The van der Waals surface area contributed by atoms with Gasteiger partial charge in [0.05, 0.1) is 13.2 Å². The molecule has 0 N–H and O–H groups in total. The Kier molecular flexibility index (Phi) is 37.2. The largest absolute Gasteiger partial charge is 0.466 e. The summed E-state index contributed by atoms with van der Waals surface area (Å²) in [6.07, 6.45) is 38.3. The lowest BCUT2D eigenvalue weighted by Crippen LogP contribution is -2.25. The molecule has 326 valence electrons. The highest BCUT2D eigenvalue weighted by atomic mass is 16.5. The normalized spacial score (nSPS) is 11.6. The fourth-order valence-corrected chi connectivity index (χ4v) is 8.24. The SMILES string of the molecule is CCCCCCC(CCCCCC)CCCOC(=O)CCCCCN(CCCCCC(=O)OCCCC(CCCCCC)CCCCCC)Cc1ccccc1. The van der Waals surface area contributed by atoms with Crippen molar-refractivity contribution in [2.45, 2.75) is 240 Å². The molecule has 0 fully saturated rings. The predicted molar refractivity (Wildman–Crippen MR) is 241 cm³/mol. The Labute approximate surface area is 348 Å². The number of benzene rings is 1. The minimum absolute atomic E-state index is 0.0214. The second-order valence-electron chi connectivity index (χ2n) is 17.2. The van der Waals surface area contributed by atoms with Crippen LogP contribution in [0.2, 0.25) is 0 Å². The molecule has 1 aromatic carbocycles. The van der Waals surface area contributed by atoms with Gasteiger partial charge in [0.25, 0.3) is 0 Å². The molecule has 0 spiro atoms. The number of rotatable bonds is 42. The van der Waals surface area contributed by atoms with Gasteiger partial charge in [-0.2, -0.15) is 0 Å². The number of hydrogen-bond acceptors (Lipinski definition) is 5. The van der Waals surface area contributed by atoms with Crippen LogP contribution in [0.1, 0.15) is 239 Å². The van der Waals surface area contributed by atoms with Crippen LogP contribution in [0.4, 0.5) is 0 Å². The summed E-state index contributed by atoms with van der Waals surface area (Å²) in [5.74, 6) is 1.55. The van der Waals surface area contributed by atoms with Crippen molar-refractivity contribution in [3.05, 3.63) is 35.9 Å².